The zero-order valence-corrected chi connectivity index (χ0v) is 15.8. The van der Waals surface area contributed by atoms with Gasteiger partial charge in [0.15, 0.2) is 0 Å². The highest BCUT2D eigenvalue weighted by atomic mass is 16.5. The fourth-order valence-corrected chi connectivity index (χ4v) is 2.47. The first-order chi connectivity index (χ1) is 13.6. The van der Waals surface area contributed by atoms with E-state index >= 15 is 0 Å². The lowest BCUT2D eigenvalue weighted by molar-refractivity contribution is 0.0955. The molecule has 0 atom stereocenters. The maximum atomic E-state index is 12.1. The summed E-state index contributed by atoms with van der Waals surface area (Å²) in [7, 11) is 1.59. The van der Waals surface area contributed by atoms with Crippen molar-refractivity contribution in [1.29, 1.82) is 0 Å². The molecule has 3 aromatic rings. The maximum absolute atomic E-state index is 12.1. The molecule has 0 radical (unpaired) electrons. The molecule has 0 saturated carbocycles. The topological polar surface area (TPSA) is 101 Å². The molecule has 1 aromatic carbocycles. The molecule has 2 aromatic heterocycles. The molecule has 3 N–H and O–H groups in total. The Morgan fingerprint density at radius 2 is 1.71 bits per heavy atom. The Labute approximate surface area is 163 Å². The smallest absolute Gasteiger partial charge is 0.251 e. The normalized spacial score (nSPS) is 10.2. The van der Waals surface area contributed by atoms with Gasteiger partial charge in [0, 0.05) is 30.9 Å². The molecule has 8 nitrogen and oxygen atoms in total. The summed E-state index contributed by atoms with van der Waals surface area (Å²) in [5.41, 5.74) is 1.69. The largest absolute Gasteiger partial charge is 0.497 e. The van der Waals surface area contributed by atoms with E-state index in [1.54, 1.807) is 43.6 Å². The van der Waals surface area contributed by atoms with E-state index in [0.717, 1.165) is 11.4 Å². The summed E-state index contributed by atoms with van der Waals surface area (Å²) < 4.78 is 5.09. The summed E-state index contributed by atoms with van der Waals surface area (Å²) in [6.45, 7) is 2.98. The van der Waals surface area contributed by atoms with E-state index in [1.807, 2.05) is 19.1 Å². The molecule has 3 rings (SSSR count). The molecule has 28 heavy (non-hydrogen) atoms. The van der Waals surface area contributed by atoms with E-state index in [4.69, 9.17) is 4.74 Å². The highest BCUT2D eigenvalue weighted by Crippen LogP contribution is 2.15. The average molecular weight is 378 g/mol. The summed E-state index contributed by atoms with van der Waals surface area (Å²) in [6.07, 6.45) is 3.21. The van der Waals surface area contributed by atoms with Crippen LogP contribution in [0.15, 0.2) is 55.0 Å². The SMILES string of the molecule is COc1ccc(C(=O)NCCNc2cc(Nc3cc(C)ccn3)ncn2)cc1. The number of rotatable bonds is 8. The summed E-state index contributed by atoms with van der Waals surface area (Å²) in [5.74, 6) is 2.59. The number of nitrogens with zero attached hydrogens (tertiary/aromatic N) is 3. The van der Waals surface area contributed by atoms with Crippen LogP contribution in [-0.4, -0.2) is 41.1 Å². The van der Waals surface area contributed by atoms with E-state index in [9.17, 15) is 4.79 Å². The van der Waals surface area contributed by atoms with Crippen molar-refractivity contribution in [3.8, 4) is 5.75 Å². The highest BCUT2D eigenvalue weighted by molar-refractivity contribution is 5.94. The third-order valence-electron chi connectivity index (χ3n) is 3.91. The zero-order valence-electron chi connectivity index (χ0n) is 15.8. The third kappa shape index (κ3) is 5.41. The third-order valence-corrected chi connectivity index (χ3v) is 3.91. The fraction of sp³-hybridized carbons (Fsp3) is 0.200. The molecule has 0 bridgehead atoms. The van der Waals surface area contributed by atoms with Gasteiger partial charge in [0.25, 0.3) is 5.91 Å². The van der Waals surface area contributed by atoms with Crippen LogP contribution in [0.5, 0.6) is 5.75 Å². The molecule has 2 heterocycles. The molecule has 0 spiro atoms. The summed E-state index contributed by atoms with van der Waals surface area (Å²) in [5, 5.41) is 9.16. The number of pyridine rings is 1. The minimum atomic E-state index is -0.139. The van der Waals surface area contributed by atoms with Crippen molar-refractivity contribution < 1.29 is 9.53 Å². The highest BCUT2D eigenvalue weighted by Gasteiger charge is 2.05. The second-order valence-corrected chi connectivity index (χ2v) is 6.04. The van der Waals surface area contributed by atoms with Gasteiger partial charge in [-0.1, -0.05) is 0 Å². The van der Waals surface area contributed by atoms with Gasteiger partial charge in [-0.05, 0) is 48.9 Å². The Kier molecular flexibility index (Phi) is 6.35. The van der Waals surface area contributed by atoms with Crippen LogP contribution < -0.4 is 20.7 Å². The summed E-state index contributed by atoms with van der Waals surface area (Å²) in [4.78, 5) is 24.7. The van der Waals surface area contributed by atoms with Gasteiger partial charge in [-0.3, -0.25) is 4.79 Å². The quantitative estimate of drug-likeness (QED) is 0.518. The molecule has 0 saturated heterocycles. The lowest BCUT2D eigenvalue weighted by atomic mass is 10.2. The monoisotopic (exact) mass is 378 g/mol. The van der Waals surface area contributed by atoms with Crippen LogP contribution in [-0.2, 0) is 0 Å². The average Bonchev–Trinajstić information content (AvgIpc) is 2.71. The molecule has 0 fully saturated rings. The predicted octanol–water partition coefficient (Wildman–Crippen LogP) is 2.77. The van der Waals surface area contributed by atoms with E-state index in [-0.39, 0.29) is 5.91 Å². The number of ether oxygens (including phenoxy) is 1. The van der Waals surface area contributed by atoms with Gasteiger partial charge in [-0.25, -0.2) is 15.0 Å². The summed E-state index contributed by atoms with van der Waals surface area (Å²) >= 11 is 0. The zero-order chi connectivity index (χ0) is 19.8. The number of benzene rings is 1. The lowest BCUT2D eigenvalue weighted by Crippen LogP contribution is -2.28. The van der Waals surface area contributed by atoms with Crippen LogP contribution >= 0.6 is 0 Å². The number of carbonyl (C=O) groups excluding carboxylic acids is 1. The van der Waals surface area contributed by atoms with Gasteiger partial charge in [0.1, 0.15) is 29.5 Å². The van der Waals surface area contributed by atoms with Crippen molar-refractivity contribution in [2.75, 3.05) is 30.8 Å². The Morgan fingerprint density at radius 3 is 2.46 bits per heavy atom. The van der Waals surface area contributed by atoms with Gasteiger partial charge >= 0.3 is 0 Å². The number of carbonyl (C=O) groups is 1. The molecule has 1 amide bonds. The second-order valence-electron chi connectivity index (χ2n) is 6.04. The number of amides is 1. The number of hydrogen-bond donors (Lipinski definition) is 3. The van der Waals surface area contributed by atoms with Crippen LogP contribution in [0.25, 0.3) is 0 Å². The van der Waals surface area contributed by atoms with E-state index in [1.165, 1.54) is 6.33 Å². The Hall–Kier alpha value is -3.68. The molecule has 8 heteroatoms. The minimum Gasteiger partial charge on any atom is -0.497 e. The lowest BCUT2D eigenvalue weighted by Gasteiger charge is -2.09. The van der Waals surface area contributed by atoms with Gasteiger partial charge in [0.2, 0.25) is 0 Å². The number of aromatic nitrogens is 3. The fourth-order valence-electron chi connectivity index (χ4n) is 2.47. The van der Waals surface area contributed by atoms with Crippen LogP contribution in [0.1, 0.15) is 15.9 Å². The molecule has 0 aliphatic heterocycles. The number of methoxy groups -OCH3 is 1. The molecule has 0 aliphatic carbocycles. The number of hydrogen-bond acceptors (Lipinski definition) is 7. The van der Waals surface area contributed by atoms with Crippen molar-refractivity contribution in [2.24, 2.45) is 0 Å². The molecular weight excluding hydrogens is 356 g/mol. The number of aryl methyl sites for hydroxylation is 1. The maximum Gasteiger partial charge on any atom is 0.251 e. The van der Waals surface area contributed by atoms with Gasteiger partial charge < -0.3 is 20.7 Å². The van der Waals surface area contributed by atoms with Crippen molar-refractivity contribution in [3.63, 3.8) is 0 Å². The van der Waals surface area contributed by atoms with Crippen LogP contribution in [0.3, 0.4) is 0 Å². The first kappa shape index (κ1) is 19.1. The van der Waals surface area contributed by atoms with Crippen molar-refractivity contribution in [2.45, 2.75) is 6.92 Å². The van der Waals surface area contributed by atoms with Gasteiger partial charge in [0.05, 0.1) is 7.11 Å². The van der Waals surface area contributed by atoms with Crippen LogP contribution in [0, 0.1) is 6.92 Å². The van der Waals surface area contributed by atoms with Crippen molar-refractivity contribution in [3.05, 3.63) is 66.1 Å². The summed E-state index contributed by atoms with van der Waals surface area (Å²) in [6, 6.07) is 12.6. The first-order valence-electron chi connectivity index (χ1n) is 8.82. The molecular formula is C20H22N6O2. The minimum absolute atomic E-state index is 0.139. The molecule has 0 aliphatic rings. The predicted molar refractivity (Wildman–Crippen MR) is 108 cm³/mol. The van der Waals surface area contributed by atoms with E-state index in [0.29, 0.717) is 36.0 Å². The standard InChI is InChI=1S/C20H22N6O2/c1-14-7-8-21-18(11-14)26-19-12-17(24-13-25-19)22-9-10-23-20(27)15-3-5-16(28-2)6-4-15/h3-8,11-13H,9-10H2,1-2H3,(H,23,27)(H2,21,22,24,25,26). The van der Waals surface area contributed by atoms with Crippen molar-refractivity contribution >= 4 is 23.4 Å². The van der Waals surface area contributed by atoms with Gasteiger partial charge in [-0.15, -0.1) is 0 Å². The first-order valence-corrected chi connectivity index (χ1v) is 8.82. The molecule has 0 unspecified atom stereocenters. The molecule has 144 valence electrons. The van der Waals surface area contributed by atoms with E-state index < -0.39 is 0 Å². The van der Waals surface area contributed by atoms with Crippen molar-refractivity contribution in [1.82, 2.24) is 20.3 Å². The number of anilines is 3. The Morgan fingerprint density at radius 1 is 0.964 bits per heavy atom. The second kappa shape index (κ2) is 9.31. The number of nitrogens with one attached hydrogen (secondary N) is 3. The van der Waals surface area contributed by atoms with Gasteiger partial charge in [-0.2, -0.15) is 0 Å². The Bertz CT molecular complexity index is 930. The van der Waals surface area contributed by atoms with Crippen LogP contribution in [0.2, 0.25) is 0 Å². The van der Waals surface area contributed by atoms with E-state index in [2.05, 4.69) is 30.9 Å². The Balaban J connectivity index is 1.47. The van der Waals surface area contributed by atoms with Crippen LogP contribution in [0.4, 0.5) is 17.5 Å².